The zero-order valence-electron chi connectivity index (χ0n) is 9.58. The second kappa shape index (κ2) is 4.19. The number of hydrogen-bond acceptors (Lipinski definition) is 3. The Bertz CT molecular complexity index is 646. The minimum absolute atomic E-state index is 0.105. The van der Waals surface area contributed by atoms with Crippen molar-refractivity contribution in [3.63, 3.8) is 0 Å². The molecule has 1 atom stereocenters. The van der Waals surface area contributed by atoms with Crippen LogP contribution in [0.4, 0.5) is 0 Å². The maximum atomic E-state index is 12.0. The minimum Gasteiger partial charge on any atom is -0.261 e. The number of benzene rings is 1. The molecular weight excluding hydrogens is 248 g/mol. The molecule has 2 aliphatic rings. The van der Waals surface area contributed by atoms with Crippen LogP contribution in [0.2, 0.25) is 0 Å². The van der Waals surface area contributed by atoms with Crippen molar-refractivity contribution < 1.29 is 8.42 Å². The summed E-state index contributed by atoms with van der Waals surface area (Å²) in [6.45, 7) is 0.367. The highest BCUT2D eigenvalue weighted by Gasteiger charge is 2.29. The van der Waals surface area contributed by atoms with Gasteiger partial charge in [0, 0.05) is 24.4 Å². The van der Waals surface area contributed by atoms with Gasteiger partial charge >= 0.3 is 0 Å². The van der Waals surface area contributed by atoms with Gasteiger partial charge in [-0.15, -0.1) is 0 Å². The lowest BCUT2D eigenvalue weighted by Crippen LogP contribution is -2.34. The minimum atomic E-state index is -3.42. The summed E-state index contributed by atoms with van der Waals surface area (Å²) in [4.78, 5) is 4.47. The maximum Gasteiger partial charge on any atom is 0.240 e. The van der Waals surface area contributed by atoms with Gasteiger partial charge in [0.2, 0.25) is 10.0 Å². The highest BCUT2D eigenvalue weighted by molar-refractivity contribution is 7.89. The van der Waals surface area contributed by atoms with Gasteiger partial charge in [-0.3, -0.25) is 4.99 Å². The third kappa shape index (κ3) is 1.91. The molecular formula is C13H12N2O2S. The van der Waals surface area contributed by atoms with E-state index in [0.717, 1.165) is 11.3 Å². The molecule has 1 N–H and O–H groups in total. The first-order chi connectivity index (χ1) is 8.67. The second-order valence-electron chi connectivity index (χ2n) is 4.23. The van der Waals surface area contributed by atoms with Crippen molar-refractivity contribution in [1.82, 2.24) is 4.72 Å². The van der Waals surface area contributed by atoms with Crippen LogP contribution in [0.1, 0.15) is 0 Å². The third-order valence-electron chi connectivity index (χ3n) is 3.10. The number of fused-ring (bicyclic) bond motifs is 2. The van der Waals surface area contributed by atoms with Crippen LogP contribution in [0, 0.1) is 5.92 Å². The quantitative estimate of drug-likeness (QED) is 0.891. The van der Waals surface area contributed by atoms with Crippen molar-refractivity contribution in [3.05, 3.63) is 53.8 Å². The molecule has 1 aromatic rings. The van der Waals surface area contributed by atoms with E-state index in [1.54, 1.807) is 36.5 Å². The van der Waals surface area contributed by atoms with Crippen LogP contribution in [0.5, 0.6) is 0 Å². The van der Waals surface area contributed by atoms with E-state index < -0.39 is 10.0 Å². The third-order valence-corrected chi connectivity index (χ3v) is 4.53. The smallest absolute Gasteiger partial charge is 0.240 e. The van der Waals surface area contributed by atoms with Crippen LogP contribution in [-0.2, 0) is 10.0 Å². The molecule has 0 spiro atoms. The Labute approximate surface area is 106 Å². The number of nitrogens with zero attached hydrogens (tertiary/aromatic N) is 1. The van der Waals surface area contributed by atoms with Gasteiger partial charge in [0.25, 0.3) is 0 Å². The predicted octanol–water partition coefficient (Wildman–Crippen LogP) is 1.49. The number of rotatable bonds is 4. The largest absolute Gasteiger partial charge is 0.261 e. The molecule has 0 amide bonds. The van der Waals surface area contributed by atoms with E-state index in [0.29, 0.717) is 11.4 Å². The summed E-state index contributed by atoms with van der Waals surface area (Å²) in [5, 5.41) is 0. The van der Waals surface area contributed by atoms with Crippen molar-refractivity contribution in [3.8, 4) is 0 Å². The molecule has 92 valence electrons. The topological polar surface area (TPSA) is 58.5 Å². The summed E-state index contributed by atoms with van der Waals surface area (Å²) < 4.78 is 26.6. The van der Waals surface area contributed by atoms with Gasteiger partial charge in [0.1, 0.15) is 0 Å². The number of nitrogens with one attached hydrogen (secondary N) is 1. The average Bonchev–Trinajstić information content (AvgIpc) is 2.40. The molecule has 1 aromatic carbocycles. The van der Waals surface area contributed by atoms with Crippen LogP contribution in [0.3, 0.4) is 0 Å². The summed E-state index contributed by atoms with van der Waals surface area (Å²) >= 11 is 0. The van der Waals surface area contributed by atoms with Crippen molar-refractivity contribution >= 4 is 16.2 Å². The Balaban J connectivity index is 1.70. The highest BCUT2D eigenvalue weighted by atomic mass is 32.2. The normalized spacial score (nSPS) is 21.0. The van der Waals surface area contributed by atoms with Gasteiger partial charge in [-0.05, 0) is 29.9 Å². The SMILES string of the molecule is O=S(=O)(NCC1c2ccnc1c2)c1ccccc1. The molecule has 3 rings (SSSR count). The molecule has 1 unspecified atom stereocenters. The summed E-state index contributed by atoms with van der Waals surface area (Å²) in [6.07, 6.45) is 5.63. The number of sulfonamides is 1. The Kier molecular flexibility index (Phi) is 2.65. The number of hydrogen-bond donors (Lipinski definition) is 1. The molecule has 0 fully saturated rings. The summed E-state index contributed by atoms with van der Waals surface area (Å²) in [5.41, 5.74) is 2.08. The molecule has 1 aliphatic heterocycles. The van der Waals surface area contributed by atoms with E-state index in [9.17, 15) is 8.42 Å². The van der Waals surface area contributed by atoms with Crippen molar-refractivity contribution in [1.29, 1.82) is 0 Å². The van der Waals surface area contributed by atoms with Gasteiger partial charge in [-0.1, -0.05) is 18.2 Å². The Morgan fingerprint density at radius 3 is 2.61 bits per heavy atom. The summed E-state index contributed by atoms with van der Waals surface area (Å²) in [7, 11) is -3.42. The molecule has 1 aliphatic carbocycles. The predicted molar refractivity (Wildman–Crippen MR) is 69.8 cm³/mol. The molecule has 18 heavy (non-hydrogen) atoms. The van der Waals surface area contributed by atoms with Gasteiger partial charge in [-0.2, -0.15) is 0 Å². The van der Waals surface area contributed by atoms with Crippen molar-refractivity contribution in [2.45, 2.75) is 4.90 Å². The molecule has 0 saturated carbocycles. The summed E-state index contributed by atoms with van der Waals surface area (Å²) in [6, 6.07) is 8.38. The molecule has 0 aromatic heterocycles. The van der Waals surface area contributed by atoms with E-state index in [1.807, 2.05) is 12.2 Å². The van der Waals surface area contributed by atoms with Gasteiger partial charge in [-0.25, -0.2) is 13.1 Å². The number of dihydropyridines is 1. The monoisotopic (exact) mass is 260 g/mol. The first-order valence-electron chi connectivity index (χ1n) is 5.67. The number of aliphatic imine (C=N–C) groups is 1. The Morgan fingerprint density at radius 1 is 1.22 bits per heavy atom. The van der Waals surface area contributed by atoms with E-state index >= 15 is 0 Å². The van der Waals surface area contributed by atoms with Gasteiger partial charge < -0.3 is 0 Å². The lowest BCUT2D eigenvalue weighted by atomic mass is 9.83. The van der Waals surface area contributed by atoms with E-state index in [1.165, 1.54) is 0 Å². The fraction of sp³-hybridized carbons (Fsp3) is 0.154. The standard InChI is InChI=1S/C13H12N2O2S/c16-18(17,11-4-2-1-3-5-11)15-9-12-10-6-7-14-13(12)8-10/h1-8,12,15H,9H2. The lowest BCUT2D eigenvalue weighted by molar-refractivity contribution is 0.565. The van der Waals surface area contributed by atoms with Crippen LogP contribution >= 0.6 is 0 Å². The van der Waals surface area contributed by atoms with E-state index in [2.05, 4.69) is 9.71 Å². The van der Waals surface area contributed by atoms with E-state index in [-0.39, 0.29) is 5.92 Å². The molecule has 0 saturated heterocycles. The maximum absolute atomic E-state index is 12.0. The first kappa shape index (κ1) is 11.4. The van der Waals surface area contributed by atoms with Crippen LogP contribution < -0.4 is 4.72 Å². The zero-order chi connectivity index (χ0) is 12.6. The van der Waals surface area contributed by atoms with Crippen LogP contribution in [0.25, 0.3) is 0 Å². The van der Waals surface area contributed by atoms with Crippen molar-refractivity contribution in [2.24, 2.45) is 10.9 Å². The number of allylic oxidation sites excluding steroid dienone is 2. The van der Waals surface area contributed by atoms with Gasteiger partial charge in [0.15, 0.2) is 0 Å². The van der Waals surface area contributed by atoms with Gasteiger partial charge in [0.05, 0.1) is 4.90 Å². The van der Waals surface area contributed by atoms with Crippen LogP contribution in [0.15, 0.2) is 63.6 Å². The molecule has 4 nitrogen and oxygen atoms in total. The Hall–Kier alpha value is -1.72. The van der Waals surface area contributed by atoms with Crippen LogP contribution in [-0.4, -0.2) is 21.2 Å². The molecule has 1 heterocycles. The second-order valence-corrected chi connectivity index (χ2v) is 6.00. The van der Waals surface area contributed by atoms with Crippen molar-refractivity contribution in [2.75, 3.05) is 6.54 Å². The average molecular weight is 260 g/mol. The first-order valence-corrected chi connectivity index (χ1v) is 7.16. The highest BCUT2D eigenvalue weighted by Crippen LogP contribution is 2.35. The van der Waals surface area contributed by atoms with E-state index in [4.69, 9.17) is 0 Å². The fourth-order valence-corrected chi connectivity index (χ4v) is 3.11. The Morgan fingerprint density at radius 2 is 2.00 bits per heavy atom. The molecule has 5 heteroatoms. The molecule has 2 bridgehead atoms. The lowest BCUT2D eigenvalue weighted by Gasteiger charge is -2.29. The zero-order valence-corrected chi connectivity index (χ0v) is 10.4. The fourth-order valence-electron chi connectivity index (χ4n) is 2.05. The summed E-state index contributed by atoms with van der Waals surface area (Å²) in [5.74, 6) is 0.105. The molecule has 0 radical (unpaired) electrons.